The number of nitrogens with one attached hydrogen (secondary N) is 2. The molecule has 0 aliphatic heterocycles. The van der Waals surface area contributed by atoms with Crippen LogP contribution in [0.15, 0.2) is 57.8 Å². The molecule has 1 aromatic carbocycles. The van der Waals surface area contributed by atoms with E-state index in [4.69, 9.17) is 0 Å². The molecule has 0 fully saturated rings. The average Bonchev–Trinajstić information content (AvgIpc) is 2.56. The third kappa shape index (κ3) is 4.17. The highest BCUT2D eigenvalue weighted by atomic mass is 79.9. The Morgan fingerprint density at radius 3 is 2.77 bits per heavy atom. The summed E-state index contributed by atoms with van der Waals surface area (Å²) in [7, 11) is 1.90. The Morgan fingerprint density at radius 1 is 1.23 bits per heavy atom. The molecular formula is C19H20BrN4O2+. The predicted molar refractivity (Wildman–Crippen MR) is 104 cm³/mol. The van der Waals surface area contributed by atoms with Gasteiger partial charge >= 0.3 is 0 Å². The van der Waals surface area contributed by atoms with Crippen molar-refractivity contribution in [2.24, 2.45) is 0 Å². The molecule has 0 saturated heterocycles. The first kappa shape index (κ1) is 18.3. The standard InChI is InChI=1S/C19H19BrN4O2/c1-13-6-5-9-17-21-14(10-19(26)24(13)17)11-23(2)12-18(25)22-16-8-4-3-7-15(16)20/h3-10H,11-12H2,1-2H3,(H,22,25)/p+1. The zero-order valence-corrected chi connectivity index (χ0v) is 16.2. The number of carbonyl (C=O) groups excluding carboxylic acids is 1. The number of anilines is 1. The molecule has 26 heavy (non-hydrogen) atoms. The molecule has 0 spiro atoms. The monoisotopic (exact) mass is 415 g/mol. The van der Waals surface area contributed by atoms with Gasteiger partial charge in [0.1, 0.15) is 17.9 Å². The fourth-order valence-electron chi connectivity index (χ4n) is 2.86. The van der Waals surface area contributed by atoms with Crippen LogP contribution in [0.3, 0.4) is 0 Å². The molecule has 3 aromatic rings. The molecule has 1 unspecified atom stereocenters. The Kier molecular flexibility index (Phi) is 5.49. The number of aryl methyl sites for hydroxylation is 1. The third-order valence-electron chi connectivity index (χ3n) is 4.03. The van der Waals surface area contributed by atoms with Crippen molar-refractivity contribution in [3.8, 4) is 0 Å². The van der Waals surface area contributed by atoms with E-state index in [0.29, 0.717) is 17.9 Å². The highest BCUT2D eigenvalue weighted by Crippen LogP contribution is 2.20. The highest BCUT2D eigenvalue weighted by Gasteiger charge is 2.14. The summed E-state index contributed by atoms with van der Waals surface area (Å²) in [6, 6.07) is 14.6. The number of carbonyl (C=O) groups is 1. The van der Waals surface area contributed by atoms with Gasteiger partial charge < -0.3 is 10.2 Å². The number of rotatable bonds is 5. The lowest BCUT2D eigenvalue weighted by atomic mass is 10.3. The lowest BCUT2D eigenvalue weighted by molar-refractivity contribution is -0.885. The maximum absolute atomic E-state index is 12.3. The van der Waals surface area contributed by atoms with Gasteiger partial charge in [0, 0.05) is 16.2 Å². The van der Waals surface area contributed by atoms with E-state index >= 15 is 0 Å². The van der Waals surface area contributed by atoms with Gasteiger partial charge in [-0.2, -0.15) is 0 Å². The van der Waals surface area contributed by atoms with Crippen molar-refractivity contribution in [1.29, 1.82) is 0 Å². The number of benzene rings is 1. The van der Waals surface area contributed by atoms with Gasteiger partial charge in [-0.1, -0.05) is 18.2 Å². The summed E-state index contributed by atoms with van der Waals surface area (Å²) in [6.07, 6.45) is 0. The molecule has 2 heterocycles. The van der Waals surface area contributed by atoms with Gasteiger partial charge in [-0.15, -0.1) is 0 Å². The van der Waals surface area contributed by atoms with Crippen molar-refractivity contribution in [3.05, 3.63) is 74.7 Å². The van der Waals surface area contributed by atoms with Gasteiger partial charge in [0.15, 0.2) is 6.54 Å². The van der Waals surface area contributed by atoms with Gasteiger partial charge in [0.05, 0.1) is 12.7 Å². The highest BCUT2D eigenvalue weighted by molar-refractivity contribution is 9.10. The lowest BCUT2D eigenvalue weighted by Crippen LogP contribution is -3.08. The van der Waals surface area contributed by atoms with Crippen molar-refractivity contribution >= 4 is 33.2 Å². The number of hydrogen-bond donors (Lipinski definition) is 2. The van der Waals surface area contributed by atoms with Crippen LogP contribution >= 0.6 is 15.9 Å². The zero-order chi connectivity index (χ0) is 18.7. The molecule has 0 saturated carbocycles. The van der Waals surface area contributed by atoms with E-state index in [9.17, 15) is 9.59 Å². The number of pyridine rings is 1. The van der Waals surface area contributed by atoms with Crippen molar-refractivity contribution in [2.45, 2.75) is 13.5 Å². The normalized spacial score (nSPS) is 12.1. The summed E-state index contributed by atoms with van der Waals surface area (Å²) < 4.78 is 2.42. The van der Waals surface area contributed by atoms with E-state index in [1.807, 2.05) is 56.4 Å². The Labute approximate surface area is 159 Å². The van der Waals surface area contributed by atoms with Gasteiger partial charge in [0.2, 0.25) is 0 Å². The minimum atomic E-state index is -0.103. The van der Waals surface area contributed by atoms with E-state index in [1.54, 1.807) is 4.40 Å². The maximum Gasteiger partial charge on any atom is 0.279 e. The largest absolute Gasteiger partial charge is 0.325 e. The van der Waals surface area contributed by atoms with Crippen LogP contribution in [0.1, 0.15) is 11.4 Å². The van der Waals surface area contributed by atoms with Crippen LogP contribution in [0.2, 0.25) is 0 Å². The molecule has 0 bridgehead atoms. The van der Waals surface area contributed by atoms with Crippen LogP contribution in [0, 0.1) is 6.92 Å². The number of likely N-dealkylation sites (N-methyl/N-ethyl adjacent to an activating group) is 1. The number of nitrogens with zero attached hydrogens (tertiary/aromatic N) is 2. The molecule has 2 N–H and O–H groups in total. The number of halogens is 1. The Balaban J connectivity index is 1.69. The molecule has 0 aliphatic carbocycles. The Bertz CT molecular complexity index is 1020. The molecule has 7 heteroatoms. The van der Waals surface area contributed by atoms with Gasteiger partial charge in [-0.05, 0) is 47.1 Å². The molecular weight excluding hydrogens is 396 g/mol. The first-order chi connectivity index (χ1) is 12.4. The maximum atomic E-state index is 12.3. The molecule has 1 amide bonds. The second-order valence-corrected chi connectivity index (χ2v) is 7.14. The van der Waals surface area contributed by atoms with Crippen LogP contribution in [-0.2, 0) is 11.3 Å². The smallest absolute Gasteiger partial charge is 0.279 e. The number of para-hydroxylation sites is 1. The van der Waals surface area contributed by atoms with Crippen LogP contribution in [0.4, 0.5) is 5.69 Å². The van der Waals surface area contributed by atoms with E-state index < -0.39 is 0 Å². The second-order valence-electron chi connectivity index (χ2n) is 6.29. The first-order valence-corrected chi connectivity index (χ1v) is 9.07. The first-order valence-electron chi connectivity index (χ1n) is 8.28. The summed E-state index contributed by atoms with van der Waals surface area (Å²) >= 11 is 3.41. The van der Waals surface area contributed by atoms with Gasteiger partial charge in [0.25, 0.3) is 11.5 Å². The van der Waals surface area contributed by atoms with E-state index in [1.165, 1.54) is 6.07 Å². The van der Waals surface area contributed by atoms with Crippen molar-refractivity contribution in [2.75, 3.05) is 18.9 Å². The Hall–Kier alpha value is -2.51. The molecule has 3 rings (SSSR count). The zero-order valence-electron chi connectivity index (χ0n) is 14.6. The summed E-state index contributed by atoms with van der Waals surface area (Å²) in [5, 5.41) is 2.88. The summed E-state index contributed by atoms with van der Waals surface area (Å²) in [5.41, 5.74) is 2.78. The molecule has 1 atom stereocenters. The van der Waals surface area contributed by atoms with Gasteiger partial charge in [-0.25, -0.2) is 4.98 Å². The van der Waals surface area contributed by atoms with Crippen LogP contribution in [0.25, 0.3) is 5.65 Å². The fraction of sp³-hybridized carbons (Fsp3) is 0.211. The molecule has 2 aromatic heterocycles. The SMILES string of the molecule is Cc1cccc2nc(C[NH+](C)CC(=O)Nc3ccccc3Br)cc(=O)n12. The number of hydrogen-bond acceptors (Lipinski definition) is 3. The topological polar surface area (TPSA) is 67.9 Å². The molecule has 134 valence electrons. The number of fused-ring (bicyclic) bond motifs is 1. The van der Waals surface area contributed by atoms with Crippen molar-refractivity contribution in [1.82, 2.24) is 9.38 Å². The van der Waals surface area contributed by atoms with E-state index in [2.05, 4.69) is 26.2 Å². The minimum Gasteiger partial charge on any atom is -0.325 e. The summed E-state index contributed by atoms with van der Waals surface area (Å²) in [4.78, 5) is 30.1. The van der Waals surface area contributed by atoms with E-state index in [-0.39, 0.29) is 18.0 Å². The predicted octanol–water partition coefficient (Wildman–Crippen LogP) is 1.42. The summed E-state index contributed by atoms with van der Waals surface area (Å²) in [6.45, 7) is 2.64. The third-order valence-corrected chi connectivity index (χ3v) is 4.72. The fourth-order valence-corrected chi connectivity index (χ4v) is 3.24. The van der Waals surface area contributed by atoms with Gasteiger partial charge in [-0.3, -0.25) is 14.0 Å². The second kappa shape index (κ2) is 7.80. The molecule has 0 radical (unpaired) electrons. The molecule has 0 aliphatic rings. The van der Waals surface area contributed by atoms with Crippen LogP contribution in [-0.4, -0.2) is 28.9 Å². The van der Waals surface area contributed by atoms with Crippen LogP contribution < -0.4 is 15.8 Å². The minimum absolute atomic E-state index is 0.0947. The van der Waals surface area contributed by atoms with Crippen molar-refractivity contribution < 1.29 is 9.69 Å². The van der Waals surface area contributed by atoms with Crippen molar-refractivity contribution in [3.63, 3.8) is 0 Å². The van der Waals surface area contributed by atoms with E-state index in [0.717, 1.165) is 20.8 Å². The number of amides is 1. The Morgan fingerprint density at radius 2 is 2.00 bits per heavy atom. The molecule has 6 nitrogen and oxygen atoms in total. The van der Waals surface area contributed by atoms with Crippen LogP contribution in [0.5, 0.6) is 0 Å². The number of quaternary nitrogens is 1. The summed E-state index contributed by atoms with van der Waals surface area (Å²) in [5.74, 6) is -0.0947. The quantitative estimate of drug-likeness (QED) is 0.661. The average molecular weight is 416 g/mol. The lowest BCUT2D eigenvalue weighted by Gasteiger charge is -2.14. The number of aromatic nitrogens is 2.